The van der Waals surface area contributed by atoms with Crippen LogP contribution in [0.5, 0.6) is 0 Å². The van der Waals surface area contributed by atoms with E-state index in [1.165, 1.54) is 12.8 Å². The number of aromatic amines is 2. The molecule has 3 N–H and O–H groups in total. The first kappa shape index (κ1) is 16.4. The Morgan fingerprint density at radius 3 is 2.60 bits per heavy atom. The molecular formula is C19H26N4O2. The van der Waals surface area contributed by atoms with Gasteiger partial charge in [0.05, 0.1) is 0 Å². The number of carbonyl (C=O) groups is 1. The average molecular weight is 342 g/mol. The fourth-order valence-electron chi connectivity index (χ4n) is 4.62. The number of H-pyrrole nitrogens is 2. The fraction of sp³-hybridized carbons (Fsp3) is 0.632. The minimum atomic E-state index is -0.0920. The van der Waals surface area contributed by atoms with Crippen LogP contribution in [0.1, 0.15) is 68.5 Å². The lowest BCUT2D eigenvalue weighted by molar-refractivity contribution is -0.125. The maximum Gasteiger partial charge on any atom is 0.249 e. The van der Waals surface area contributed by atoms with Gasteiger partial charge in [-0.15, -0.1) is 0 Å². The topological polar surface area (TPSA) is 90.6 Å². The number of aromatic nitrogens is 3. The highest BCUT2D eigenvalue weighted by atomic mass is 16.2. The van der Waals surface area contributed by atoms with Gasteiger partial charge in [0.25, 0.3) is 0 Å². The van der Waals surface area contributed by atoms with E-state index in [0.717, 1.165) is 55.2 Å². The second-order valence-electron chi connectivity index (χ2n) is 7.70. The second kappa shape index (κ2) is 6.65. The zero-order valence-corrected chi connectivity index (χ0v) is 14.7. The molecule has 2 aromatic rings. The molecule has 25 heavy (non-hydrogen) atoms. The van der Waals surface area contributed by atoms with Gasteiger partial charge in [-0.1, -0.05) is 12.8 Å². The highest BCUT2D eigenvalue weighted by molar-refractivity contribution is 5.82. The van der Waals surface area contributed by atoms with Crippen LogP contribution < -0.4 is 10.9 Å². The van der Waals surface area contributed by atoms with Crippen LogP contribution >= 0.6 is 0 Å². The lowest BCUT2D eigenvalue weighted by Crippen LogP contribution is -2.40. The molecule has 0 aliphatic heterocycles. The number of nitrogens with one attached hydrogen (secondary N) is 3. The quantitative estimate of drug-likeness (QED) is 0.801. The van der Waals surface area contributed by atoms with E-state index in [1.807, 2.05) is 6.92 Å². The Morgan fingerprint density at radius 2 is 1.88 bits per heavy atom. The SMILES string of the molecule is Cc1[nH]nc2[nH]c(=O)cc(C3CCC(NC(=O)C4CCCC4)CC3)c12. The molecule has 2 fully saturated rings. The molecule has 0 radical (unpaired) electrons. The number of aryl methyl sites for hydroxylation is 1. The minimum absolute atomic E-state index is 0.0920. The van der Waals surface area contributed by atoms with Crippen molar-refractivity contribution in [1.82, 2.24) is 20.5 Å². The summed E-state index contributed by atoms with van der Waals surface area (Å²) >= 11 is 0. The number of pyridine rings is 1. The molecule has 6 nitrogen and oxygen atoms in total. The van der Waals surface area contributed by atoms with Gasteiger partial charge >= 0.3 is 0 Å². The first-order chi connectivity index (χ1) is 12.1. The van der Waals surface area contributed by atoms with Gasteiger partial charge in [0.2, 0.25) is 11.5 Å². The number of fused-ring (bicyclic) bond motifs is 1. The molecule has 4 rings (SSSR count). The van der Waals surface area contributed by atoms with Crippen molar-refractivity contribution < 1.29 is 4.79 Å². The van der Waals surface area contributed by atoms with E-state index in [4.69, 9.17) is 0 Å². The van der Waals surface area contributed by atoms with Gasteiger partial charge in [-0.2, -0.15) is 5.10 Å². The van der Waals surface area contributed by atoms with Crippen molar-refractivity contribution in [3.8, 4) is 0 Å². The normalized spacial score (nSPS) is 24.7. The van der Waals surface area contributed by atoms with E-state index in [2.05, 4.69) is 20.5 Å². The van der Waals surface area contributed by atoms with Crippen LogP contribution in [0.2, 0.25) is 0 Å². The van der Waals surface area contributed by atoms with E-state index in [0.29, 0.717) is 11.6 Å². The Kier molecular flexibility index (Phi) is 4.36. The van der Waals surface area contributed by atoms with Gasteiger partial charge < -0.3 is 10.3 Å². The van der Waals surface area contributed by atoms with Crippen LogP contribution in [-0.2, 0) is 4.79 Å². The van der Waals surface area contributed by atoms with Crippen LogP contribution in [0.3, 0.4) is 0 Å². The summed E-state index contributed by atoms with van der Waals surface area (Å²) in [5.41, 5.74) is 2.66. The molecule has 2 aliphatic carbocycles. The fourth-order valence-corrected chi connectivity index (χ4v) is 4.62. The summed E-state index contributed by atoms with van der Waals surface area (Å²) in [6.07, 6.45) is 8.43. The van der Waals surface area contributed by atoms with E-state index in [9.17, 15) is 9.59 Å². The van der Waals surface area contributed by atoms with E-state index < -0.39 is 0 Å². The molecule has 0 saturated heterocycles. The van der Waals surface area contributed by atoms with Gasteiger partial charge in [0, 0.05) is 29.1 Å². The molecule has 6 heteroatoms. The molecular weight excluding hydrogens is 316 g/mol. The van der Waals surface area contributed by atoms with E-state index in [1.54, 1.807) is 6.07 Å². The third-order valence-corrected chi connectivity index (χ3v) is 6.00. The summed E-state index contributed by atoms with van der Waals surface area (Å²) in [5, 5.41) is 11.5. The predicted octanol–water partition coefficient (Wildman–Crippen LogP) is 2.89. The third kappa shape index (κ3) is 3.22. The first-order valence-corrected chi connectivity index (χ1v) is 9.50. The lowest BCUT2D eigenvalue weighted by Gasteiger charge is -2.30. The van der Waals surface area contributed by atoms with Crippen molar-refractivity contribution >= 4 is 16.9 Å². The maximum absolute atomic E-state index is 12.3. The van der Waals surface area contributed by atoms with Crippen LogP contribution in [0, 0.1) is 12.8 Å². The standard InChI is InChI=1S/C19H26N4O2/c1-11-17-15(10-16(24)21-18(17)23-22-11)12-6-8-14(9-7-12)20-19(25)13-4-2-3-5-13/h10,12-14H,2-9H2,1H3,(H,20,25)(H2,21,22,23,24). The van der Waals surface area contributed by atoms with Gasteiger partial charge in [-0.05, 0) is 56.9 Å². The Labute approximate surface area is 146 Å². The third-order valence-electron chi connectivity index (χ3n) is 6.00. The Hall–Kier alpha value is -2.11. The summed E-state index contributed by atoms with van der Waals surface area (Å²) in [6, 6.07) is 2.01. The Morgan fingerprint density at radius 1 is 1.16 bits per heavy atom. The molecule has 0 aromatic carbocycles. The summed E-state index contributed by atoms with van der Waals surface area (Å²) in [5.74, 6) is 0.851. The first-order valence-electron chi connectivity index (χ1n) is 9.50. The Balaban J connectivity index is 1.44. The minimum Gasteiger partial charge on any atom is -0.353 e. The molecule has 2 saturated carbocycles. The Bertz CT molecular complexity index is 824. The smallest absolute Gasteiger partial charge is 0.249 e. The lowest BCUT2D eigenvalue weighted by atomic mass is 9.80. The monoisotopic (exact) mass is 342 g/mol. The molecule has 0 unspecified atom stereocenters. The number of amides is 1. The van der Waals surface area contributed by atoms with Crippen molar-refractivity contribution in [1.29, 1.82) is 0 Å². The highest BCUT2D eigenvalue weighted by Crippen LogP contribution is 2.36. The molecule has 134 valence electrons. The zero-order valence-electron chi connectivity index (χ0n) is 14.7. The van der Waals surface area contributed by atoms with Gasteiger partial charge in [-0.25, -0.2) is 0 Å². The maximum atomic E-state index is 12.3. The molecule has 2 heterocycles. The zero-order chi connectivity index (χ0) is 17.4. The molecule has 1 amide bonds. The van der Waals surface area contributed by atoms with Crippen LogP contribution in [0.15, 0.2) is 10.9 Å². The van der Waals surface area contributed by atoms with Crippen molar-refractivity contribution in [2.75, 3.05) is 0 Å². The number of hydrogen-bond acceptors (Lipinski definition) is 3. The van der Waals surface area contributed by atoms with Crippen molar-refractivity contribution in [3.63, 3.8) is 0 Å². The molecule has 2 aliphatic rings. The van der Waals surface area contributed by atoms with Crippen molar-refractivity contribution in [3.05, 3.63) is 27.7 Å². The largest absolute Gasteiger partial charge is 0.353 e. The van der Waals surface area contributed by atoms with Gasteiger partial charge in [-0.3, -0.25) is 14.7 Å². The van der Waals surface area contributed by atoms with E-state index >= 15 is 0 Å². The second-order valence-corrected chi connectivity index (χ2v) is 7.70. The van der Waals surface area contributed by atoms with Gasteiger partial charge in [0.1, 0.15) is 0 Å². The number of rotatable bonds is 3. The van der Waals surface area contributed by atoms with Crippen molar-refractivity contribution in [2.24, 2.45) is 5.92 Å². The van der Waals surface area contributed by atoms with Crippen LogP contribution in [0.25, 0.3) is 11.0 Å². The molecule has 0 atom stereocenters. The number of hydrogen-bond donors (Lipinski definition) is 3. The summed E-state index contributed by atoms with van der Waals surface area (Å²) in [4.78, 5) is 27.1. The summed E-state index contributed by atoms with van der Waals surface area (Å²) < 4.78 is 0. The summed E-state index contributed by atoms with van der Waals surface area (Å²) in [7, 11) is 0. The number of nitrogens with zero attached hydrogens (tertiary/aromatic N) is 1. The molecule has 0 spiro atoms. The van der Waals surface area contributed by atoms with Crippen LogP contribution in [-0.4, -0.2) is 27.1 Å². The van der Waals surface area contributed by atoms with Crippen molar-refractivity contribution in [2.45, 2.75) is 70.3 Å². The molecule has 2 aromatic heterocycles. The van der Waals surface area contributed by atoms with Gasteiger partial charge in [0.15, 0.2) is 5.65 Å². The highest BCUT2D eigenvalue weighted by Gasteiger charge is 2.29. The summed E-state index contributed by atoms with van der Waals surface area (Å²) in [6.45, 7) is 1.99. The average Bonchev–Trinajstić information content (AvgIpc) is 3.25. The number of carbonyl (C=O) groups excluding carboxylic acids is 1. The van der Waals surface area contributed by atoms with Crippen LogP contribution in [0.4, 0.5) is 0 Å². The molecule has 0 bridgehead atoms. The van der Waals surface area contributed by atoms with E-state index in [-0.39, 0.29) is 23.4 Å². The predicted molar refractivity (Wildman–Crippen MR) is 96.5 cm³/mol.